The monoisotopic (exact) mass is 360 g/mol. The zero-order valence-electron chi connectivity index (χ0n) is 15.3. The molecule has 1 aliphatic heterocycles. The lowest BCUT2D eigenvalue weighted by atomic mass is 10.1. The molecule has 0 bridgehead atoms. The van der Waals surface area contributed by atoms with Gasteiger partial charge in [0.25, 0.3) is 0 Å². The highest BCUT2D eigenvalue weighted by Crippen LogP contribution is 2.21. The molecule has 3 rings (SSSR count). The van der Waals surface area contributed by atoms with E-state index in [2.05, 4.69) is 11.8 Å². The Kier molecular flexibility index (Phi) is 7.42. The quantitative estimate of drug-likeness (QED) is 0.825. The van der Waals surface area contributed by atoms with Crippen LogP contribution in [0.1, 0.15) is 48.7 Å². The number of nitrogens with two attached hydrogens (primary N) is 1. The minimum atomic E-state index is -0.449. The molecule has 1 heterocycles. The number of carbonyl (C=O) groups is 1. The van der Waals surface area contributed by atoms with E-state index in [0.29, 0.717) is 11.6 Å². The van der Waals surface area contributed by atoms with Gasteiger partial charge in [0.1, 0.15) is 11.6 Å². The number of carbonyl (C=O) groups excluding carboxylic acids is 1. The highest BCUT2D eigenvalue weighted by atomic mass is 19.1. The Hall–Kier alpha value is -2.11. The van der Waals surface area contributed by atoms with Crippen LogP contribution >= 0.6 is 0 Å². The molecule has 1 fully saturated rings. The molecule has 2 atom stereocenters. The molecule has 1 aliphatic rings. The Bertz CT molecular complexity index is 735. The lowest BCUT2D eigenvalue weighted by Gasteiger charge is -2.25. The Labute approximate surface area is 153 Å². The van der Waals surface area contributed by atoms with Gasteiger partial charge in [-0.1, -0.05) is 30.3 Å². The van der Waals surface area contributed by atoms with E-state index >= 15 is 0 Å². The maximum atomic E-state index is 13.5. The number of Topliss-reactive ketones (excluding diaryl/α,β-unsaturated/α-hetero) is 1. The van der Waals surface area contributed by atoms with E-state index in [9.17, 15) is 13.6 Å². The van der Waals surface area contributed by atoms with Crippen molar-refractivity contribution in [2.24, 2.45) is 5.73 Å². The number of rotatable bonds is 4. The summed E-state index contributed by atoms with van der Waals surface area (Å²) in [6, 6.07) is 13.1. The second kappa shape index (κ2) is 9.55. The number of nitrogens with zero attached hydrogens (tertiary/aromatic N) is 1. The summed E-state index contributed by atoms with van der Waals surface area (Å²) in [4.78, 5) is 13.0. The number of halogens is 2. The summed E-state index contributed by atoms with van der Waals surface area (Å²) in [5.41, 5.74) is 6.84. The van der Waals surface area contributed by atoms with Crippen molar-refractivity contribution in [2.45, 2.75) is 38.8 Å². The maximum Gasteiger partial charge on any atom is 0.162 e. The normalized spacial score (nSPS) is 18.1. The molecule has 0 radical (unpaired) electrons. The van der Waals surface area contributed by atoms with Crippen LogP contribution in [-0.4, -0.2) is 29.8 Å². The molecule has 140 valence electrons. The van der Waals surface area contributed by atoms with Crippen molar-refractivity contribution in [3.05, 3.63) is 71.3 Å². The Morgan fingerprint density at radius 3 is 2.27 bits per heavy atom. The number of benzene rings is 2. The summed E-state index contributed by atoms with van der Waals surface area (Å²) < 4.78 is 26.1. The van der Waals surface area contributed by atoms with Crippen LogP contribution in [0.4, 0.5) is 8.78 Å². The third kappa shape index (κ3) is 5.44. The maximum absolute atomic E-state index is 13.5. The van der Waals surface area contributed by atoms with Crippen LogP contribution in [0.25, 0.3) is 0 Å². The molecule has 0 spiro atoms. The molecule has 0 amide bonds. The van der Waals surface area contributed by atoms with Crippen LogP contribution < -0.4 is 5.73 Å². The van der Waals surface area contributed by atoms with E-state index in [4.69, 9.17) is 5.73 Å². The van der Waals surface area contributed by atoms with Crippen LogP contribution in [0.15, 0.2) is 48.5 Å². The molecule has 2 aromatic rings. The predicted molar refractivity (Wildman–Crippen MR) is 100 cm³/mol. The Morgan fingerprint density at radius 1 is 1.15 bits per heavy atom. The van der Waals surface area contributed by atoms with Gasteiger partial charge in [0.05, 0.1) is 5.56 Å². The second-order valence-corrected chi connectivity index (χ2v) is 6.65. The smallest absolute Gasteiger partial charge is 0.162 e. The van der Waals surface area contributed by atoms with E-state index < -0.39 is 5.82 Å². The molecule has 26 heavy (non-hydrogen) atoms. The number of hydrogen-bond donors (Lipinski definition) is 1. The predicted octanol–water partition coefficient (Wildman–Crippen LogP) is 4.34. The van der Waals surface area contributed by atoms with E-state index in [1.807, 2.05) is 6.07 Å². The third-order valence-electron chi connectivity index (χ3n) is 4.68. The first-order chi connectivity index (χ1) is 12.4. The molecule has 0 aromatic heterocycles. The van der Waals surface area contributed by atoms with Crippen LogP contribution in [0.3, 0.4) is 0 Å². The lowest BCUT2D eigenvalue weighted by molar-refractivity contribution is 0.101. The summed E-state index contributed by atoms with van der Waals surface area (Å²) in [5, 5.41) is 0. The minimum Gasteiger partial charge on any atom is -0.323 e. The average Bonchev–Trinajstić information content (AvgIpc) is 3.01. The van der Waals surface area contributed by atoms with Crippen molar-refractivity contribution in [3.63, 3.8) is 0 Å². The van der Waals surface area contributed by atoms with Crippen molar-refractivity contribution >= 4 is 5.78 Å². The highest BCUT2D eigenvalue weighted by Gasteiger charge is 2.23. The van der Waals surface area contributed by atoms with Gasteiger partial charge in [-0.15, -0.1) is 0 Å². The van der Waals surface area contributed by atoms with Gasteiger partial charge in [-0.05, 0) is 51.4 Å². The van der Waals surface area contributed by atoms with Crippen LogP contribution in [0.2, 0.25) is 0 Å². The van der Waals surface area contributed by atoms with Gasteiger partial charge in [-0.2, -0.15) is 0 Å². The van der Waals surface area contributed by atoms with E-state index in [0.717, 1.165) is 13.1 Å². The Morgan fingerprint density at radius 2 is 1.77 bits per heavy atom. The number of hydrogen-bond acceptors (Lipinski definition) is 3. The first-order valence-electron chi connectivity index (χ1n) is 8.89. The van der Waals surface area contributed by atoms with E-state index in [1.165, 1.54) is 38.0 Å². The first-order valence-corrected chi connectivity index (χ1v) is 8.89. The Balaban J connectivity index is 0.000000209. The average molecular weight is 360 g/mol. The molecule has 5 heteroatoms. The van der Waals surface area contributed by atoms with Crippen molar-refractivity contribution in [1.29, 1.82) is 0 Å². The van der Waals surface area contributed by atoms with Crippen LogP contribution in [0, 0.1) is 11.6 Å². The summed E-state index contributed by atoms with van der Waals surface area (Å²) >= 11 is 0. The fraction of sp³-hybridized carbons (Fsp3) is 0.381. The second-order valence-electron chi connectivity index (χ2n) is 6.65. The van der Waals surface area contributed by atoms with Gasteiger partial charge in [-0.25, -0.2) is 8.78 Å². The zero-order chi connectivity index (χ0) is 19.1. The van der Waals surface area contributed by atoms with Gasteiger partial charge in [0, 0.05) is 24.2 Å². The fourth-order valence-electron chi connectivity index (χ4n) is 3.14. The van der Waals surface area contributed by atoms with Crippen LogP contribution in [-0.2, 0) is 0 Å². The van der Waals surface area contributed by atoms with Crippen LogP contribution in [0.5, 0.6) is 0 Å². The van der Waals surface area contributed by atoms with Crippen molar-refractivity contribution in [3.8, 4) is 0 Å². The van der Waals surface area contributed by atoms with Crippen molar-refractivity contribution in [2.75, 3.05) is 13.1 Å². The third-order valence-corrected chi connectivity index (χ3v) is 4.68. The first kappa shape index (κ1) is 20.2. The molecule has 3 nitrogen and oxygen atoms in total. The molecule has 2 aromatic carbocycles. The molecule has 1 saturated heterocycles. The standard InChI is InChI=1S/C13H19FN2.C8H7FO/c1-10-5-4-8-16(10)9-13(15)11-6-2-3-7-12(11)14;1-6(10)7-4-2-3-5-8(7)9/h2-3,6-7,10,13H,4-5,8-9,15H2,1H3;2-5H,1H3/t10?,13-;/m1./s1. The topological polar surface area (TPSA) is 46.3 Å². The summed E-state index contributed by atoms with van der Waals surface area (Å²) in [5.74, 6) is -0.880. The summed E-state index contributed by atoms with van der Waals surface area (Å²) in [7, 11) is 0. The van der Waals surface area contributed by atoms with Gasteiger partial charge >= 0.3 is 0 Å². The fourth-order valence-corrected chi connectivity index (χ4v) is 3.14. The molecular weight excluding hydrogens is 334 g/mol. The van der Waals surface area contributed by atoms with Gasteiger partial charge in [-0.3, -0.25) is 9.69 Å². The summed E-state index contributed by atoms with van der Waals surface area (Å²) in [6.07, 6.45) is 2.45. The van der Waals surface area contributed by atoms with Crippen molar-refractivity contribution in [1.82, 2.24) is 4.90 Å². The lowest BCUT2D eigenvalue weighted by Crippen LogP contribution is -2.34. The van der Waals surface area contributed by atoms with Crippen molar-refractivity contribution < 1.29 is 13.6 Å². The van der Waals surface area contributed by atoms with Gasteiger partial charge < -0.3 is 5.73 Å². The van der Waals surface area contributed by atoms with Gasteiger partial charge in [0.15, 0.2) is 5.78 Å². The molecular formula is C21H26F2N2O. The minimum absolute atomic E-state index is 0.155. The SMILES string of the molecule is CC(=O)c1ccccc1F.CC1CCCN1C[C@@H](N)c1ccccc1F. The molecule has 0 saturated carbocycles. The molecule has 2 N–H and O–H groups in total. The number of ketones is 1. The largest absolute Gasteiger partial charge is 0.323 e. The highest BCUT2D eigenvalue weighted by molar-refractivity contribution is 5.94. The molecule has 0 aliphatic carbocycles. The molecule has 1 unspecified atom stereocenters. The summed E-state index contributed by atoms with van der Waals surface area (Å²) in [6.45, 7) is 5.39. The zero-order valence-corrected chi connectivity index (χ0v) is 15.3. The van der Waals surface area contributed by atoms with E-state index in [-0.39, 0.29) is 23.2 Å². The van der Waals surface area contributed by atoms with E-state index in [1.54, 1.807) is 24.3 Å². The van der Waals surface area contributed by atoms with Gasteiger partial charge in [0.2, 0.25) is 0 Å². The number of likely N-dealkylation sites (tertiary alicyclic amines) is 1.